The lowest BCUT2D eigenvalue weighted by atomic mass is 10.1. The number of carbonyl (C=O) groups is 1. The SMILES string of the molecule is O=C(/C=C\O)c1ccc(Cl)cc1O. The number of hydrogen-bond donors (Lipinski definition) is 2. The van der Waals surface area contributed by atoms with E-state index in [0.29, 0.717) is 11.3 Å². The van der Waals surface area contributed by atoms with Gasteiger partial charge in [-0.3, -0.25) is 4.79 Å². The zero-order valence-corrected chi connectivity index (χ0v) is 7.32. The third kappa shape index (κ3) is 2.23. The van der Waals surface area contributed by atoms with Crippen LogP contribution in [0.1, 0.15) is 10.4 Å². The summed E-state index contributed by atoms with van der Waals surface area (Å²) in [5.74, 6) is -0.674. The van der Waals surface area contributed by atoms with Crippen molar-refractivity contribution in [1.29, 1.82) is 0 Å². The van der Waals surface area contributed by atoms with Gasteiger partial charge in [-0.25, -0.2) is 0 Å². The van der Waals surface area contributed by atoms with E-state index in [4.69, 9.17) is 16.7 Å². The van der Waals surface area contributed by atoms with Crippen molar-refractivity contribution in [2.45, 2.75) is 0 Å². The first-order valence-electron chi connectivity index (χ1n) is 3.48. The van der Waals surface area contributed by atoms with Crippen LogP contribution in [0.2, 0.25) is 5.02 Å². The van der Waals surface area contributed by atoms with Gasteiger partial charge in [-0.1, -0.05) is 11.6 Å². The van der Waals surface area contributed by atoms with Crippen molar-refractivity contribution in [3.63, 3.8) is 0 Å². The topological polar surface area (TPSA) is 57.5 Å². The monoisotopic (exact) mass is 198 g/mol. The highest BCUT2D eigenvalue weighted by atomic mass is 35.5. The van der Waals surface area contributed by atoms with Crippen molar-refractivity contribution in [2.24, 2.45) is 0 Å². The molecule has 1 aromatic carbocycles. The summed E-state index contributed by atoms with van der Waals surface area (Å²) in [7, 11) is 0. The Hall–Kier alpha value is -1.48. The van der Waals surface area contributed by atoms with Crippen molar-refractivity contribution in [3.8, 4) is 5.75 Å². The van der Waals surface area contributed by atoms with Gasteiger partial charge in [-0.15, -0.1) is 0 Å². The fourth-order valence-electron chi connectivity index (χ4n) is 0.871. The summed E-state index contributed by atoms with van der Waals surface area (Å²) in [6.45, 7) is 0. The number of allylic oxidation sites excluding steroid dienone is 1. The lowest BCUT2D eigenvalue weighted by Gasteiger charge is -1.99. The van der Waals surface area contributed by atoms with E-state index >= 15 is 0 Å². The first-order chi connectivity index (χ1) is 6.15. The number of hydrogen-bond acceptors (Lipinski definition) is 3. The number of phenols is 1. The summed E-state index contributed by atoms with van der Waals surface area (Å²) in [5.41, 5.74) is 0.106. The quantitative estimate of drug-likeness (QED) is 0.436. The van der Waals surface area contributed by atoms with Gasteiger partial charge in [0.2, 0.25) is 0 Å². The van der Waals surface area contributed by atoms with Crippen LogP contribution < -0.4 is 0 Å². The normalized spacial score (nSPS) is 10.5. The molecule has 0 fully saturated rings. The Labute approximate surface area is 79.9 Å². The molecule has 4 heteroatoms. The molecule has 1 rings (SSSR count). The highest BCUT2D eigenvalue weighted by Crippen LogP contribution is 2.22. The molecule has 0 unspecified atom stereocenters. The van der Waals surface area contributed by atoms with Crippen molar-refractivity contribution in [2.75, 3.05) is 0 Å². The molecule has 0 heterocycles. The molecule has 13 heavy (non-hydrogen) atoms. The van der Waals surface area contributed by atoms with Gasteiger partial charge in [0.25, 0.3) is 0 Å². The van der Waals surface area contributed by atoms with Crippen LogP contribution in [0, 0.1) is 0 Å². The van der Waals surface area contributed by atoms with E-state index in [1.165, 1.54) is 18.2 Å². The molecule has 0 aliphatic carbocycles. The number of halogens is 1. The maximum atomic E-state index is 11.1. The van der Waals surface area contributed by atoms with Crippen molar-refractivity contribution < 1.29 is 15.0 Å². The zero-order chi connectivity index (χ0) is 9.84. The number of aromatic hydroxyl groups is 1. The van der Waals surface area contributed by atoms with E-state index in [0.717, 1.165) is 6.08 Å². The second kappa shape index (κ2) is 3.96. The maximum absolute atomic E-state index is 11.1. The van der Waals surface area contributed by atoms with Crippen LogP contribution in [0.4, 0.5) is 0 Å². The average Bonchev–Trinajstić information content (AvgIpc) is 2.04. The predicted octanol–water partition coefficient (Wildman–Crippen LogP) is 2.30. The minimum atomic E-state index is -0.475. The number of rotatable bonds is 2. The van der Waals surface area contributed by atoms with E-state index in [9.17, 15) is 9.90 Å². The highest BCUT2D eigenvalue weighted by molar-refractivity contribution is 6.31. The van der Waals surface area contributed by atoms with Gasteiger partial charge in [0.05, 0.1) is 11.8 Å². The molecule has 68 valence electrons. The molecule has 2 N–H and O–H groups in total. The highest BCUT2D eigenvalue weighted by Gasteiger charge is 2.07. The molecule has 0 atom stereocenters. The van der Waals surface area contributed by atoms with Gasteiger partial charge >= 0.3 is 0 Å². The summed E-state index contributed by atoms with van der Waals surface area (Å²) < 4.78 is 0. The molecule has 3 nitrogen and oxygen atoms in total. The average molecular weight is 199 g/mol. The molecule has 0 aromatic heterocycles. The van der Waals surface area contributed by atoms with Crippen LogP contribution in [0.25, 0.3) is 0 Å². The smallest absolute Gasteiger partial charge is 0.192 e. The molecule has 1 aromatic rings. The van der Waals surface area contributed by atoms with E-state index in [-0.39, 0.29) is 11.3 Å². The Bertz CT molecular complexity index is 358. The van der Waals surface area contributed by atoms with Crippen molar-refractivity contribution in [1.82, 2.24) is 0 Å². The molecule has 0 aliphatic heterocycles. The van der Waals surface area contributed by atoms with Crippen LogP contribution >= 0.6 is 11.6 Å². The Morgan fingerprint density at radius 2 is 2.15 bits per heavy atom. The Balaban J connectivity index is 3.09. The van der Waals surface area contributed by atoms with Crippen LogP contribution in [0.5, 0.6) is 5.75 Å². The van der Waals surface area contributed by atoms with Crippen LogP contribution in [0.3, 0.4) is 0 Å². The van der Waals surface area contributed by atoms with E-state index in [1.807, 2.05) is 0 Å². The van der Waals surface area contributed by atoms with Crippen molar-refractivity contribution in [3.05, 3.63) is 41.1 Å². The predicted molar refractivity (Wildman–Crippen MR) is 49.2 cm³/mol. The minimum absolute atomic E-state index is 0.106. The second-order valence-electron chi connectivity index (χ2n) is 2.34. The van der Waals surface area contributed by atoms with Crippen molar-refractivity contribution >= 4 is 17.4 Å². The Kier molecular flexibility index (Phi) is 2.93. The fourth-order valence-corrected chi connectivity index (χ4v) is 1.04. The molecule has 0 spiro atoms. The molecule has 0 aliphatic rings. The summed E-state index contributed by atoms with van der Waals surface area (Å²) in [5, 5.41) is 18.0. The lowest BCUT2D eigenvalue weighted by Crippen LogP contribution is -1.94. The van der Waals surface area contributed by atoms with Gasteiger partial charge in [-0.2, -0.15) is 0 Å². The van der Waals surface area contributed by atoms with Crippen LogP contribution in [-0.2, 0) is 0 Å². The summed E-state index contributed by atoms with van der Waals surface area (Å²) in [4.78, 5) is 11.1. The molecule has 0 radical (unpaired) electrons. The standard InChI is InChI=1S/C9H7ClO3/c10-6-1-2-7(9(13)5-6)8(12)3-4-11/h1-5,11,13H/b4-3-. The number of ketones is 1. The van der Waals surface area contributed by atoms with E-state index in [1.54, 1.807) is 0 Å². The Morgan fingerprint density at radius 1 is 1.46 bits per heavy atom. The first-order valence-corrected chi connectivity index (χ1v) is 3.86. The number of aliphatic hydroxyl groups is 1. The van der Waals surface area contributed by atoms with Gasteiger partial charge in [0, 0.05) is 11.1 Å². The molecule has 0 saturated heterocycles. The minimum Gasteiger partial charge on any atom is -0.515 e. The second-order valence-corrected chi connectivity index (χ2v) is 2.78. The summed E-state index contributed by atoms with van der Waals surface area (Å²) in [6.07, 6.45) is 1.57. The largest absolute Gasteiger partial charge is 0.515 e. The summed E-state index contributed by atoms with van der Waals surface area (Å²) >= 11 is 5.56. The molecule has 0 saturated carbocycles. The van der Waals surface area contributed by atoms with Gasteiger partial charge in [0.1, 0.15) is 5.75 Å². The molecule has 0 bridgehead atoms. The first kappa shape index (κ1) is 9.61. The number of carbonyl (C=O) groups excluding carboxylic acids is 1. The Morgan fingerprint density at radius 3 is 2.69 bits per heavy atom. The molecule has 0 amide bonds. The zero-order valence-electron chi connectivity index (χ0n) is 6.57. The van der Waals surface area contributed by atoms with E-state index < -0.39 is 5.78 Å². The number of benzene rings is 1. The summed E-state index contributed by atoms with van der Waals surface area (Å²) in [6, 6.07) is 4.14. The lowest BCUT2D eigenvalue weighted by molar-refractivity contribution is 0.104. The molecular formula is C9H7ClO3. The fraction of sp³-hybridized carbons (Fsp3) is 0. The van der Waals surface area contributed by atoms with Crippen LogP contribution in [0.15, 0.2) is 30.5 Å². The van der Waals surface area contributed by atoms with Gasteiger partial charge in [0.15, 0.2) is 5.78 Å². The third-order valence-electron chi connectivity index (χ3n) is 1.45. The van der Waals surface area contributed by atoms with Gasteiger partial charge in [-0.05, 0) is 18.2 Å². The third-order valence-corrected chi connectivity index (χ3v) is 1.69. The van der Waals surface area contributed by atoms with E-state index in [2.05, 4.69) is 0 Å². The maximum Gasteiger partial charge on any atom is 0.192 e. The number of aliphatic hydroxyl groups excluding tert-OH is 1. The molecular weight excluding hydrogens is 192 g/mol. The van der Waals surface area contributed by atoms with Crippen LogP contribution in [-0.4, -0.2) is 16.0 Å². The number of phenolic OH excluding ortho intramolecular Hbond substituents is 1. The van der Waals surface area contributed by atoms with Gasteiger partial charge < -0.3 is 10.2 Å².